The van der Waals surface area contributed by atoms with Gasteiger partial charge in [0.1, 0.15) is 5.82 Å². The van der Waals surface area contributed by atoms with E-state index in [2.05, 4.69) is 34.5 Å². The third kappa shape index (κ3) is 4.55. The average molecular weight is 328 g/mol. The highest BCUT2D eigenvalue weighted by atomic mass is 19.1. The van der Waals surface area contributed by atoms with E-state index in [9.17, 15) is 9.18 Å². The Morgan fingerprint density at radius 2 is 1.83 bits per heavy atom. The summed E-state index contributed by atoms with van der Waals surface area (Å²) in [7, 11) is 0. The van der Waals surface area contributed by atoms with Crippen molar-refractivity contribution in [2.24, 2.45) is 0 Å². The number of hydrogen-bond donors (Lipinski definition) is 2. The maximum atomic E-state index is 13.1. The molecule has 1 heterocycles. The fourth-order valence-corrected chi connectivity index (χ4v) is 3.05. The van der Waals surface area contributed by atoms with E-state index in [-0.39, 0.29) is 11.7 Å². The van der Waals surface area contributed by atoms with E-state index in [1.807, 2.05) is 6.07 Å². The van der Waals surface area contributed by atoms with Gasteiger partial charge in [-0.05, 0) is 30.3 Å². The number of hydrogen-bond acceptors (Lipinski definition) is 2. The summed E-state index contributed by atoms with van der Waals surface area (Å²) >= 11 is 0. The number of amides is 1. The molecule has 1 aliphatic heterocycles. The molecule has 0 radical (unpaired) electrons. The summed E-state index contributed by atoms with van der Waals surface area (Å²) < 4.78 is 13.1. The molecular weight excluding hydrogens is 305 g/mol. The van der Waals surface area contributed by atoms with Crippen molar-refractivity contribution in [2.45, 2.75) is 6.42 Å². The molecule has 5 heteroatoms. The van der Waals surface area contributed by atoms with Crippen LogP contribution in [0.2, 0.25) is 0 Å². The number of piperazine rings is 1. The summed E-state index contributed by atoms with van der Waals surface area (Å²) in [5.41, 5.74) is 1.78. The molecule has 0 bridgehead atoms. The quantitative estimate of drug-likeness (QED) is 0.874. The van der Waals surface area contributed by atoms with Gasteiger partial charge in [0.2, 0.25) is 5.91 Å². The molecule has 2 aromatic carbocycles. The number of nitrogens with one attached hydrogen (secondary N) is 2. The van der Waals surface area contributed by atoms with Crippen LogP contribution in [-0.2, 0) is 4.79 Å². The van der Waals surface area contributed by atoms with E-state index in [1.54, 1.807) is 12.1 Å². The van der Waals surface area contributed by atoms with Crippen LogP contribution in [0.15, 0.2) is 54.6 Å². The molecule has 126 valence electrons. The first-order valence-corrected chi connectivity index (χ1v) is 8.40. The van der Waals surface area contributed by atoms with Gasteiger partial charge in [0.15, 0.2) is 0 Å². The molecule has 0 spiro atoms. The third-order valence-electron chi connectivity index (χ3n) is 4.41. The van der Waals surface area contributed by atoms with E-state index in [1.165, 1.54) is 22.7 Å². The van der Waals surface area contributed by atoms with E-state index in [0.29, 0.717) is 12.1 Å². The Labute approximate surface area is 141 Å². The Kier molecular flexibility index (Phi) is 5.43. The van der Waals surface area contributed by atoms with Crippen molar-refractivity contribution in [3.8, 4) is 0 Å². The number of anilines is 2. The molecule has 1 amide bonds. The van der Waals surface area contributed by atoms with Crippen molar-refractivity contribution in [3.63, 3.8) is 0 Å². The second-order valence-electron chi connectivity index (χ2n) is 6.13. The molecule has 1 fully saturated rings. The number of rotatable bonds is 5. The Morgan fingerprint density at radius 3 is 2.54 bits per heavy atom. The molecule has 0 aromatic heterocycles. The van der Waals surface area contributed by atoms with Crippen molar-refractivity contribution >= 4 is 17.3 Å². The first kappa shape index (κ1) is 16.5. The average Bonchev–Trinajstić information content (AvgIpc) is 2.61. The van der Waals surface area contributed by atoms with Crippen LogP contribution in [0.4, 0.5) is 15.8 Å². The van der Waals surface area contributed by atoms with Gasteiger partial charge in [-0.3, -0.25) is 4.79 Å². The Balaban J connectivity index is 1.41. The van der Waals surface area contributed by atoms with E-state index < -0.39 is 0 Å². The second-order valence-corrected chi connectivity index (χ2v) is 6.13. The highest BCUT2D eigenvalue weighted by Gasteiger charge is 2.20. The molecule has 0 unspecified atom stereocenters. The number of halogens is 1. The number of benzene rings is 2. The minimum absolute atomic E-state index is 0.0569. The smallest absolute Gasteiger partial charge is 0.230 e. The SMILES string of the molecule is O=C(CC[NH+]1CCN(c2ccccc2)CC1)Nc1cccc(F)c1. The lowest BCUT2D eigenvalue weighted by atomic mass is 10.2. The van der Waals surface area contributed by atoms with Gasteiger partial charge in [-0.25, -0.2) is 4.39 Å². The van der Waals surface area contributed by atoms with Crippen LogP contribution in [0.5, 0.6) is 0 Å². The number of para-hydroxylation sites is 1. The summed E-state index contributed by atoms with van der Waals surface area (Å²) in [5.74, 6) is -0.394. The van der Waals surface area contributed by atoms with Crippen molar-refractivity contribution < 1.29 is 14.1 Å². The number of nitrogens with zero attached hydrogens (tertiary/aromatic N) is 1. The second kappa shape index (κ2) is 7.93. The van der Waals surface area contributed by atoms with Gasteiger partial charge in [0.05, 0.1) is 39.1 Å². The first-order valence-electron chi connectivity index (χ1n) is 8.40. The van der Waals surface area contributed by atoms with Crippen LogP contribution in [0.3, 0.4) is 0 Å². The van der Waals surface area contributed by atoms with Gasteiger partial charge in [-0.2, -0.15) is 0 Å². The van der Waals surface area contributed by atoms with Crippen LogP contribution >= 0.6 is 0 Å². The fourth-order valence-electron chi connectivity index (χ4n) is 3.05. The summed E-state index contributed by atoms with van der Waals surface area (Å²) in [6.45, 7) is 4.88. The predicted octanol–water partition coefficient (Wildman–Crippen LogP) is 1.56. The minimum atomic E-state index is -0.338. The lowest BCUT2D eigenvalue weighted by Crippen LogP contribution is -3.15. The fraction of sp³-hybridized carbons (Fsp3) is 0.316. The van der Waals surface area contributed by atoms with Crippen LogP contribution in [0.1, 0.15) is 6.42 Å². The van der Waals surface area contributed by atoms with Crippen LogP contribution in [0, 0.1) is 5.82 Å². The van der Waals surface area contributed by atoms with Crippen molar-refractivity contribution in [1.82, 2.24) is 0 Å². The summed E-state index contributed by atoms with van der Waals surface area (Å²) in [4.78, 5) is 15.8. The van der Waals surface area contributed by atoms with Crippen LogP contribution in [0.25, 0.3) is 0 Å². The maximum absolute atomic E-state index is 13.1. The normalized spacial score (nSPS) is 15.3. The molecule has 2 aromatic rings. The molecule has 1 saturated heterocycles. The topological polar surface area (TPSA) is 36.8 Å². The largest absolute Gasteiger partial charge is 0.360 e. The van der Waals surface area contributed by atoms with Crippen molar-refractivity contribution in [1.29, 1.82) is 0 Å². The first-order chi connectivity index (χ1) is 11.7. The molecule has 3 rings (SSSR count). The zero-order valence-corrected chi connectivity index (χ0v) is 13.7. The molecule has 24 heavy (non-hydrogen) atoms. The van der Waals surface area contributed by atoms with Gasteiger partial charge in [-0.1, -0.05) is 24.3 Å². The predicted molar refractivity (Wildman–Crippen MR) is 93.9 cm³/mol. The highest BCUT2D eigenvalue weighted by Crippen LogP contribution is 2.12. The Morgan fingerprint density at radius 1 is 1.08 bits per heavy atom. The molecule has 0 saturated carbocycles. The van der Waals surface area contributed by atoms with E-state index >= 15 is 0 Å². The van der Waals surface area contributed by atoms with Crippen LogP contribution < -0.4 is 15.1 Å². The number of carbonyl (C=O) groups is 1. The van der Waals surface area contributed by atoms with Gasteiger partial charge in [0.25, 0.3) is 0 Å². The highest BCUT2D eigenvalue weighted by molar-refractivity contribution is 5.90. The number of carbonyl (C=O) groups excluding carboxylic acids is 1. The van der Waals surface area contributed by atoms with E-state index in [4.69, 9.17) is 0 Å². The number of quaternary nitrogens is 1. The molecule has 1 aliphatic rings. The molecule has 0 aliphatic carbocycles. The lowest BCUT2D eigenvalue weighted by Gasteiger charge is -2.33. The van der Waals surface area contributed by atoms with Crippen molar-refractivity contribution in [2.75, 3.05) is 42.9 Å². The van der Waals surface area contributed by atoms with Crippen LogP contribution in [-0.4, -0.2) is 38.6 Å². The third-order valence-corrected chi connectivity index (χ3v) is 4.41. The zero-order chi connectivity index (χ0) is 16.8. The molecule has 4 nitrogen and oxygen atoms in total. The van der Waals surface area contributed by atoms with Gasteiger partial charge in [-0.15, -0.1) is 0 Å². The Bertz CT molecular complexity index is 669. The standard InChI is InChI=1S/C19H22FN3O/c20-16-5-4-6-17(15-16)21-19(24)9-10-22-11-13-23(14-12-22)18-7-2-1-3-8-18/h1-8,15H,9-14H2,(H,21,24)/p+1. The summed E-state index contributed by atoms with van der Waals surface area (Å²) in [5, 5.41) is 2.75. The lowest BCUT2D eigenvalue weighted by molar-refractivity contribution is -0.900. The maximum Gasteiger partial charge on any atom is 0.230 e. The van der Waals surface area contributed by atoms with Crippen molar-refractivity contribution in [3.05, 3.63) is 60.4 Å². The van der Waals surface area contributed by atoms with Gasteiger partial charge in [0, 0.05) is 11.4 Å². The minimum Gasteiger partial charge on any atom is -0.360 e. The molecule has 2 N–H and O–H groups in total. The van der Waals surface area contributed by atoms with E-state index in [0.717, 1.165) is 32.7 Å². The molecule has 0 atom stereocenters. The van der Waals surface area contributed by atoms with Gasteiger partial charge >= 0.3 is 0 Å². The zero-order valence-electron chi connectivity index (χ0n) is 13.7. The van der Waals surface area contributed by atoms with Gasteiger partial charge < -0.3 is 15.1 Å². The molecular formula is C19H23FN3O+. The Hall–Kier alpha value is -2.40. The summed E-state index contributed by atoms with van der Waals surface area (Å²) in [6.07, 6.45) is 0.456. The summed E-state index contributed by atoms with van der Waals surface area (Å²) in [6, 6.07) is 16.4. The monoisotopic (exact) mass is 328 g/mol.